The van der Waals surface area contributed by atoms with Crippen LogP contribution in [0.15, 0.2) is 0 Å². The number of carbonyl (C=O) groups is 5. The number of amides is 4. The Kier molecular flexibility index (Phi) is 14.7. The number of imide groups is 1. The summed E-state index contributed by atoms with van der Waals surface area (Å²) >= 11 is 0. The molecule has 0 rings (SSSR count). The summed E-state index contributed by atoms with van der Waals surface area (Å²) in [5.41, 5.74) is 11.9. The Morgan fingerprint density at radius 2 is 1.24 bits per heavy atom. The second-order valence-electron chi connectivity index (χ2n) is 11.3. The molecule has 0 aliphatic carbocycles. The summed E-state index contributed by atoms with van der Waals surface area (Å²) in [5.74, 6) is -6.24. The number of rotatable bonds is 15. The number of carboxylic acids is 1. The quantitative estimate of drug-likeness (QED) is 0.167. The van der Waals surface area contributed by atoms with E-state index in [1.807, 2.05) is 0 Å². The van der Waals surface area contributed by atoms with Crippen molar-refractivity contribution in [1.82, 2.24) is 15.5 Å². The first-order valence-corrected chi connectivity index (χ1v) is 13.3. The molecular formula is C26H49N5O7. The fourth-order valence-corrected chi connectivity index (χ4v) is 3.72. The van der Waals surface area contributed by atoms with E-state index in [2.05, 4.69) is 10.6 Å². The first-order chi connectivity index (χ1) is 17.4. The van der Waals surface area contributed by atoms with Crippen molar-refractivity contribution in [2.75, 3.05) is 0 Å². The molecule has 0 radical (unpaired) electrons. The van der Waals surface area contributed by atoms with E-state index >= 15 is 0 Å². The largest absolute Gasteiger partial charge is 0.480 e. The zero-order valence-electron chi connectivity index (χ0n) is 24.2. The lowest BCUT2D eigenvalue weighted by molar-refractivity contribution is -0.160. The number of hydrogen-bond donors (Lipinski definition) is 6. The Bertz CT molecular complexity index is 831. The minimum atomic E-state index is -1.81. The van der Waals surface area contributed by atoms with E-state index in [9.17, 15) is 34.2 Å². The van der Waals surface area contributed by atoms with Gasteiger partial charge < -0.3 is 32.3 Å². The number of carboxylic acid groups (broad SMARTS) is 1. The van der Waals surface area contributed by atoms with Crippen LogP contribution in [0.25, 0.3) is 0 Å². The van der Waals surface area contributed by atoms with Gasteiger partial charge in [-0.3, -0.25) is 24.1 Å². The Labute approximate surface area is 226 Å². The summed E-state index contributed by atoms with van der Waals surface area (Å²) < 4.78 is 0. The third-order valence-electron chi connectivity index (χ3n) is 6.40. The first-order valence-electron chi connectivity index (χ1n) is 13.3. The summed E-state index contributed by atoms with van der Waals surface area (Å²) in [5, 5.41) is 25.3. The molecule has 6 atom stereocenters. The standard InChI is InChI=1S/C26H49N5O7/c1-10-16(27)21(32)25(36)31(24(35)19(14(6)7)29-23(34)18(28)13(4)5)17(11-12(2)3)22(33)30-20(15(8)9)26(37)38/h12-21,32H,10-11,27-28H2,1-9H3,(H,29,34)(H,30,33)(H,37,38)/t16-,17+,18-,19-,20-,21?/m0/s1. The van der Waals surface area contributed by atoms with Gasteiger partial charge in [-0.15, -0.1) is 0 Å². The van der Waals surface area contributed by atoms with Crippen LogP contribution in [0.3, 0.4) is 0 Å². The molecule has 4 amide bonds. The van der Waals surface area contributed by atoms with Gasteiger partial charge in [-0.1, -0.05) is 62.3 Å². The van der Waals surface area contributed by atoms with Gasteiger partial charge in [0.25, 0.3) is 11.8 Å². The number of aliphatic hydroxyl groups excluding tert-OH is 1. The molecule has 0 aromatic heterocycles. The lowest BCUT2D eigenvalue weighted by Gasteiger charge is -2.37. The van der Waals surface area contributed by atoms with E-state index in [0.717, 1.165) is 0 Å². The van der Waals surface area contributed by atoms with Crippen LogP contribution in [0.4, 0.5) is 0 Å². The van der Waals surface area contributed by atoms with Gasteiger partial charge in [0.15, 0.2) is 0 Å². The average molecular weight is 544 g/mol. The second-order valence-corrected chi connectivity index (χ2v) is 11.3. The molecule has 8 N–H and O–H groups in total. The fraction of sp³-hybridized carbons (Fsp3) is 0.808. The number of nitrogens with zero attached hydrogens (tertiary/aromatic N) is 1. The van der Waals surface area contributed by atoms with E-state index in [1.54, 1.807) is 62.3 Å². The van der Waals surface area contributed by atoms with Crippen molar-refractivity contribution in [3.63, 3.8) is 0 Å². The molecule has 0 aliphatic heterocycles. The zero-order chi connectivity index (χ0) is 30.1. The van der Waals surface area contributed by atoms with Crippen LogP contribution >= 0.6 is 0 Å². The third kappa shape index (κ3) is 9.95. The maximum absolute atomic E-state index is 14.0. The fourth-order valence-electron chi connectivity index (χ4n) is 3.72. The Morgan fingerprint density at radius 1 is 0.763 bits per heavy atom. The van der Waals surface area contributed by atoms with Crippen LogP contribution in [0, 0.1) is 23.7 Å². The number of hydrogen-bond acceptors (Lipinski definition) is 8. The molecule has 12 heteroatoms. The van der Waals surface area contributed by atoms with Gasteiger partial charge in [-0.25, -0.2) is 4.79 Å². The monoisotopic (exact) mass is 543 g/mol. The normalized spacial score (nSPS) is 16.5. The van der Waals surface area contributed by atoms with Crippen molar-refractivity contribution in [2.24, 2.45) is 35.1 Å². The Balaban J connectivity index is 6.77. The van der Waals surface area contributed by atoms with E-state index in [0.29, 0.717) is 4.90 Å². The van der Waals surface area contributed by atoms with Gasteiger partial charge in [0.1, 0.15) is 24.2 Å². The number of nitrogens with two attached hydrogens (primary N) is 2. The van der Waals surface area contributed by atoms with Gasteiger partial charge in [-0.2, -0.15) is 0 Å². The summed E-state index contributed by atoms with van der Waals surface area (Å²) in [6, 6.07) is -5.96. The molecule has 0 saturated carbocycles. The third-order valence-corrected chi connectivity index (χ3v) is 6.40. The molecule has 1 unspecified atom stereocenters. The topological polar surface area (TPSA) is 205 Å². The lowest BCUT2D eigenvalue weighted by atomic mass is 9.95. The maximum Gasteiger partial charge on any atom is 0.326 e. The highest BCUT2D eigenvalue weighted by Crippen LogP contribution is 2.20. The van der Waals surface area contributed by atoms with Crippen LogP contribution in [0.2, 0.25) is 0 Å². The minimum absolute atomic E-state index is 0.0217. The highest BCUT2D eigenvalue weighted by atomic mass is 16.4. The molecule has 0 aromatic rings. The number of carbonyl (C=O) groups excluding carboxylic acids is 4. The van der Waals surface area contributed by atoms with Crippen LogP contribution in [0.1, 0.15) is 75.2 Å². The molecule has 0 aliphatic rings. The minimum Gasteiger partial charge on any atom is -0.480 e. The number of aliphatic hydroxyl groups is 1. The van der Waals surface area contributed by atoms with Crippen molar-refractivity contribution >= 4 is 29.6 Å². The highest BCUT2D eigenvalue weighted by Gasteiger charge is 2.44. The molecule has 38 heavy (non-hydrogen) atoms. The predicted octanol–water partition coefficient (Wildman–Crippen LogP) is 0.204. The second kappa shape index (κ2) is 15.7. The van der Waals surface area contributed by atoms with E-state index < -0.39 is 77.7 Å². The highest BCUT2D eigenvalue weighted by molar-refractivity contribution is 6.05. The lowest BCUT2D eigenvalue weighted by Crippen LogP contribution is -2.64. The van der Waals surface area contributed by atoms with Crippen LogP contribution in [-0.2, 0) is 24.0 Å². The Morgan fingerprint density at radius 3 is 1.61 bits per heavy atom. The summed E-state index contributed by atoms with van der Waals surface area (Å²) in [4.78, 5) is 66.1. The number of nitrogens with one attached hydrogen (secondary N) is 2. The van der Waals surface area contributed by atoms with Crippen molar-refractivity contribution in [1.29, 1.82) is 0 Å². The van der Waals surface area contributed by atoms with E-state index in [1.165, 1.54) is 0 Å². The van der Waals surface area contributed by atoms with Gasteiger partial charge in [-0.05, 0) is 36.5 Å². The smallest absolute Gasteiger partial charge is 0.326 e. The molecule has 0 saturated heterocycles. The average Bonchev–Trinajstić information content (AvgIpc) is 2.82. The van der Waals surface area contributed by atoms with Crippen molar-refractivity contribution < 1.29 is 34.2 Å². The van der Waals surface area contributed by atoms with E-state index in [4.69, 9.17) is 11.5 Å². The van der Waals surface area contributed by atoms with Crippen molar-refractivity contribution in [3.05, 3.63) is 0 Å². The molecule has 0 spiro atoms. The first kappa shape index (κ1) is 35.4. The Hall–Kier alpha value is -2.57. The molecule has 0 heterocycles. The van der Waals surface area contributed by atoms with E-state index in [-0.39, 0.29) is 24.7 Å². The molecular weight excluding hydrogens is 494 g/mol. The molecule has 12 nitrogen and oxygen atoms in total. The summed E-state index contributed by atoms with van der Waals surface area (Å²) in [7, 11) is 0. The van der Waals surface area contributed by atoms with Gasteiger partial charge in [0.2, 0.25) is 11.8 Å². The molecule has 220 valence electrons. The SMILES string of the molecule is CC[C@H](N)C(O)C(=O)N(C(=O)[C@@H](NC(=O)[C@@H](N)C(C)C)C(C)C)[C@H](CC(C)C)C(=O)N[C@H](C(=O)O)C(C)C. The summed E-state index contributed by atoms with van der Waals surface area (Å²) in [6.07, 6.45) is -1.63. The molecule has 0 fully saturated rings. The number of aliphatic carboxylic acids is 1. The van der Waals surface area contributed by atoms with Crippen molar-refractivity contribution in [3.8, 4) is 0 Å². The van der Waals surface area contributed by atoms with Crippen LogP contribution in [0.5, 0.6) is 0 Å². The van der Waals surface area contributed by atoms with Crippen LogP contribution in [-0.4, -0.2) is 81.0 Å². The van der Waals surface area contributed by atoms with Gasteiger partial charge >= 0.3 is 5.97 Å². The molecule has 0 bridgehead atoms. The predicted molar refractivity (Wildman–Crippen MR) is 143 cm³/mol. The zero-order valence-corrected chi connectivity index (χ0v) is 24.2. The van der Waals surface area contributed by atoms with Gasteiger partial charge in [0.05, 0.1) is 6.04 Å². The van der Waals surface area contributed by atoms with Crippen molar-refractivity contribution in [2.45, 2.75) is 111 Å². The summed E-state index contributed by atoms with van der Waals surface area (Å²) in [6.45, 7) is 15.2. The maximum atomic E-state index is 14.0. The van der Waals surface area contributed by atoms with Gasteiger partial charge in [0, 0.05) is 6.04 Å². The molecule has 0 aromatic carbocycles. The van der Waals surface area contributed by atoms with Crippen LogP contribution < -0.4 is 22.1 Å².